The largest absolute Gasteiger partial charge is 0.497 e. The van der Waals surface area contributed by atoms with Crippen LogP contribution in [0.1, 0.15) is 75.5 Å². The number of methoxy groups -OCH3 is 1. The Labute approximate surface area is 276 Å². The standard InChI is InChI=1S/C33H45BFN3O7S/c1-11-23-19-37(14-15-38(23)30(40)43-31(3,4)5)20-46-29(42-24-16-21(2)27(36-18-24)28(39)41-10)22-12-13-25(26(35)17-22)34-44-32(6,7)33(8,9)45-34/h11-13,16-18,23,29H,1,14-15,19-20H2,2-10H3/t23-,29-/m1/s1. The van der Waals surface area contributed by atoms with Crippen LogP contribution in [0.25, 0.3) is 0 Å². The van der Waals surface area contributed by atoms with Gasteiger partial charge in [0.15, 0.2) is 11.1 Å². The number of ether oxygens (including phenoxy) is 3. The predicted octanol–water partition coefficient (Wildman–Crippen LogP) is 5.49. The molecule has 1 amide bonds. The van der Waals surface area contributed by atoms with Crippen LogP contribution in [-0.2, 0) is 18.8 Å². The zero-order chi connectivity index (χ0) is 34.0. The number of aryl methyl sites for hydroxylation is 1. The van der Waals surface area contributed by atoms with E-state index in [1.54, 1.807) is 36.1 Å². The van der Waals surface area contributed by atoms with Gasteiger partial charge in [-0.05, 0) is 73.1 Å². The van der Waals surface area contributed by atoms with E-state index < -0.39 is 41.1 Å². The molecule has 0 bridgehead atoms. The lowest BCUT2D eigenvalue weighted by Crippen LogP contribution is -2.55. The zero-order valence-electron chi connectivity index (χ0n) is 28.2. The zero-order valence-corrected chi connectivity index (χ0v) is 29.0. The van der Waals surface area contributed by atoms with Crippen molar-refractivity contribution in [2.45, 2.75) is 83.7 Å². The molecule has 2 fully saturated rings. The normalized spacial score (nSPS) is 20.3. The second kappa shape index (κ2) is 13.9. The molecule has 13 heteroatoms. The SMILES string of the molecule is C=C[C@@H]1CN(CS[C@@H](Oc2cnc(C(=O)OC)c(C)c2)c2ccc(B3OC(C)(C)C(C)(C)O3)c(F)c2)CCN1C(=O)OC(C)(C)C. The summed E-state index contributed by atoms with van der Waals surface area (Å²) in [5.41, 5.74) is -0.792. The summed E-state index contributed by atoms with van der Waals surface area (Å²) in [6, 6.07) is 6.37. The molecule has 1 aromatic carbocycles. The molecule has 0 aliphatic carbocycles. The van der Waals surface area contributed by atoms with Crippen molar-refractivity contribution in [3.05, 3.63) is 65.8 Å². The minimum Gasteiger partial charge on any atom is -0.473 e. The van der Waals surface area contributed by atoms with E-state index in [-0.39, 0.29) is 17.8 Å². The summed E-state index contributed by atoms with van der Waals surface area (Å²) >= 11 is 1.46. The summed E-state index contributed by atoms with van der Waals surface area (Å²) in [5.74, 6) is -0.0857. The Bertz CT molecular complexity index is 1430. The summed E-state index contributed by atoms with van der Waals surface area (Å²) in [5, 5.41) is 0. The van der Waals surface area contributed by atoms with E-state index in [2.05, 4.69) is 16.5 Å². The lowest BCUT2D eigenvalue weighted by molar-refractivity contribution is 0.00578. The molecule has 0 unspecified atom stereocenters. The Morgan fingerprint density at radius 1 is 1.20 bits per heavy atom. The Balaban J connectivity index is 1.54. The summed E-state index contributed by atoms with van der Waals surface area (Å²) < 4.78 is 44.7. The lowest BCUT2D eigenvalue weighted by Gasteiger charge is -2.40. The van der Waals surface area contributed by atoms with Crippen LogP contribution in [0.4, 0.5) is 9.18 Å². The summed E-state index contributed by atoms with van der Waals surface area (Å²) in [4.78, 5) is 33.0. The van der Waals surface area contributed by atoms with Crippen molar-refractivity contribution in [1.82, 2.24) is 14.8 Å². The third kappa shape index (κ3) is 8.23. The van der Waals surface area contributed by atoms with Crippen LogP contribution in [-0.4, -0.2) is 89.4 Å². The average Bonchev–Trinajstić information content (AvgIpc) is 3.19. The maximum atomic E-state index is 15.7. The van der Waals surface area contributed by atoms with Crippen LogP contribution in [0, 0.1) is 12.7 Å². The second-order valence-electron chi connectivity index (χ2n) is 13.5. The van der Waals surface area contributed by atoms with Gasteiger partial charge in [-0.3, -0.25) is 9.80 Å². The molecule has 0 radical (unpaired) electrons. The van der Waals surface area contributed by atoms with E-state index >= 15 is 4.39 Å². The van der Waals surface area contributed by atoms with Crippen LogP contribution in [0.2, 0.25) is 0 Å². The number of hydrogen-bond acceptors (Lipinski definition) is 10. The molecule has 250 valence electrons. The summed E-state index contributed by atoms with van der Waals surface area (Å²) in [7, 11) is 0.452. The van der Waals surface area contributed by atoms with Crippen molar-refractivity contribution >= 4 is 36.4 Å². The first-order valence-electron chi connectivity index (χ1n) is 15.3. The number of carbonyl (C=O) groups is 2. The fourth-order valence-corrected chi connectivity index (χ4v) is 6.10. The minimum atomic E-state index is -0.846. The number of benzene rings is 1. The highest BCUT2D eigenvalue weighted by Crippen LogP contribution is 2.38. The Morgan fingerprint density at radius 2 is 1.87 bits per heavy atom. The molecular formula is C33H45BFN3O7S. The van der Waals surface area contributed by atoms with Gasteiger partial charge in [-0.1, -0.05) is 30.0 Å². The molecule has 2 saturated heterocycles. The fourth-order valence-electron chi connectivity index (χ4n) is 5.01. The number of halogens is 1. The fraction of sp³-hybridized carbons (Fsp3) is 0.545. The molecule has 46 heavy (non-hydrogen) atoms. The van der Waals surface area contributed by atoms with Gasteiger partial charge in [-0.25, -0.2) is 19.0 Å². The highest BCUT2D eigenvalue weighted by Gasteiger charge is 2.52. The van der Waals surface area contributed by atoms with E-state index in [1.165, 1.54) is 31.1 Å². The molecule has 10 nitrogen and oxygen atoms in total. The first kappa shape index (κ1) is 35.7. The lowest BCUT2D eigenvalue weighted by atomic mass is 9.78. The molecule has 0 N–H and O–H groups in total. The smallest absolute Gasteiger partial charge is 0.473 e. The number of aromatic nitrogens is 1. The molecule has 2 atom stereocenters. The van der Waals surface area contributed by atoms with Crippen LogP contribution in [0.3, 0.4) is 0 Å². The Morgan fingerprint density at radius 3 is 2.43 bits per heavy atom. The average molecular weight is 658 g/mol. The van der Waals surface area contributed by atoms with E-state index in [1.807, 2.05) is 48.5 Å². The number of hydrogen-bond donors (Lipinski definition) is 0. The Hall–Kier alpha value is -3.13. The number of esters is 1. The number of nitrogens with zero attached hydrogens (tertiary/aromatic N) is 3. The number of amides is 1. The van der Waals surface area contributed by atoms with Crippen molar-refractivity contribution in [2.24, 2.45) is 0 Å². The van der Waals surface area contributed by atoms with Gasteiger partial charge < -0.3 is 23.5 Å². The molecule has 1 aromatic heterocycles. The molecule has 4 rings (SSSR count). The summed E-state index contributed by atoms with van der Waals surface area (Å²) in [6.45, 7) is 20.5. The van der Waals surface area contributed by atoms with E-state index in [9.17, 15) is 9.59 Å². The van der Waals surface area contributed by atoms with Crippen LogP contribution in [0.15, 0.2) is 43.1 Å². The van der Waals surface area contributed by atoms with Gasteiger partial charge in [-0.15, -0.1) is 6.58 Å². The van der Waals surface area contributed by atoms with Crippen molar-refractivity contribution < 1.29 is 37.5 Å². The predicted molar refractivity (Wildman–Crippen MR) is 177 cm³/mol. The molecule has 2 aliphatic heterocycles. The molecule has 0 spiro atoms. The van der Waals surface area contributed by atoms with Crippen LogP contribution in [0.5, 0.6) is 5.75 Å². The number of thioether (sulfide) groups is 1. The van der Waals surface area contributed by atoms with Crippen molar-refractivity contribution in [3.8, 4) is 5.75 Å². The van der Waals surface area contributed by atoms with Gasteiger partial charge in [0.25, 0.3) is 0 Å². The van der Waals surface area contributed by atoms with E-state index in [0.29, 0.717) is 47.9 Å². The molecular weight excluding hydrogens is 612 g/mol. The van der Waals surface area contributed by atoms with Gasteiger partial charge in [0.05, 0.1) is 30.6 Å². The van der Waals surface area contributed by atoms with E-state index in [0.717, 1.165) is 0 Å². The van der Waals surface area contributed by atoms with Gasteiger partial charge in [0, 0.05) is 36.5 Å². The van der Waals surface area contributed by atoms with Crippen LogP contribution >= 0.6 is 11.8 Å². The third-order valence-electron chi connectivity index (χ3n) is 8.29. The first-order valence-corrected chi connectivity index (χ1v) is 16.3. The van der Waals surface area contributed by atoms with Crippen molar-refractivity contribution in [1.29, 1.82) is 0 Å². The molecule has 0 saturated carbocycles. The monoisotopic (exact) mass is 657 g/mol. The van der Waals surface area contributed by atoms with Crippen LogP contribution < -0.4 is 10.2 Å². The van der Waals surface area contributed by atoms with Crippen molar-refractivity contribution in [3.63, 3.8) is 0 Å². The maximum Gasteiger partial charge on any atom is 0.497 e. The number of piperazine rings is 1. The molecule has 2 aromatic rings. The van der Waals surface area contributed by atoms with E-state index in [4.69, 9.17) is 23.5 Å². The number of carbonyl (C=O) groups excluding carboxylic acids is 2. The van der Waals surface area contributed by atoms with Gasteiger partial charge in [0.1, 0.15) is 17.2 Å². The molecule has 3 heterocycles. The second-order valence-corrected chi connectivity index (χ2v) is 14.5. The molecule has 2 aliphatic rings. The quantitative estimate of drug-likeness (QED) is 0.149. The topological polar surface area (TPSA) is 99.7 Å². The first-order chi connectivity index (χ1) is 21.4. The van der Waals surface area contributed by atoms with Gasteiger partial charge in [0.2, 0.25) is 0 Å². The minimum absolute atomic E-state index is 0.190. The Kier molecular flexibility index (Phi) is 10.8. The highest BCUT2D eigenvalue weighted by atomic mass is 32.2. The van der Waals surface area contributed by atoms with Gasteiger partial charge in [-0.2, -0.15) is 0 Å². The number of pyridine rings is 1. The third-order valence-corrected chi connectivity index (χ3v) is 9.48. The van der Waals surface area contributed by atoms with Gasteiger partial charge >= 0.3 is 19.2 Å². The highest BCUT2D eigenvalue weighted by molar-refractivity contribution is 7.99. The summed E-state index contributed by atoms with van der Waals surface area (Å²) in [6.07, 6.45) is 2.83. The maximum absolute atomic E-state index is 15.7. The van der Waals surface area contributed by atoms with Crippen molar-refractivity contribution in [2.75, 3.05) is 32.6 Å². The number of rotatable bonds is 9.